The van der Waals surface area contributed by atoms with Crippen molar-refractivity contribution in [3.63, 3.8) is 0 Å². The Bertz CT molecular complexity index is 962. The quantitative estimate of drug-likeness (QED) is 0.741. The van der Waals surface area contributed by atoms with E-state index in [0.717, 1.165) is 10.6 Å². The molecule has 4 rings (SSSR count). The van der Waals surface area contributed by atoms with E-state index in [-0.39, 0.29) is 11.9 Å². The summed E-state index contributed by atoms with van der Waals surface area (Å²) in [6, 6.07) is 11.1. The van der Waals surface area contributed by atoms with Crippen LogP contribution in [0.2, 0.25) is 0 Å². The molecule has 0 spiro atoms. The summed E-state index contributed by atoms with van der Waals surface area (Å²) < 4.78 is 28.6. The summed E-state index contributed by atoms with van der Waals surface area (Å²) in [7, 11) is -1.97. The maximum absolute atomic E-state index is 12.9. The Morgan fingerprint density at radius 3 is 2.48 bits per heavy atom. The van der Waals surface area contributed by atoms with Crippen molar-refractivity contribution in [2.24, 2.45) is 0 Å². The van der Waals surface area contributed by atoms with E-state index in [4.69, 9.17) is 0 Å². The first-order chi connectivity index (χ1) is 13.0. The lowest BCUT2D eigenvalue weighted by atomic mass is 10.0. The molecule has 1 fully saturated rings. The van der Waals surface area contributed by atoms with Crippen LogP contribution >= 0.6 is 11.3 Å². The van der Waals surface area contributed by atoms with Crippen molar-refractivity contribution in [1.29, 1.82) is 0 Å². The van der Waals surface area contributed by atoms with Crippen molar-refractivity contribution in [3.8, 4) is 0 Å². The predicted molar refractivity (Wildman–Crippen MR) is 109 cm³/mol. The van der Waals surface area contributed by atoms with Crippen LogP contribution in [0.15, 0.2) is 47.9 Å². The molecule has 6 nitrogen and oxygen atoms in total. The maximum Gasteiger partial charge on any atom is 0.326 e. The smallest absolute Gasteiger partial charge is 0.326 e. The Morgan fingerprint density at radius 2 is 1.81 bits per heavy atom. The molecule has 27 heavy (non-hydrogen) atoms. The van der Waals surface area contributed by atoms with Gasteiger partial charge in [-0.25, -0.2) is 4.31 Å². The highest BCUT2D eigenvalue weighted by molar-refractivity contribution is 7.94. The number of benzene rings is 1. The second-order valence-corrected chi connectivity index (χ2v) is 9.48. The highest BCUT2D eigenvalue weighted by atomic mass is 32.2. The summed E-state index contributed by atoms with van der Waals surface area (Å²) in [6.45, 7) is 1.10. The molecule has 3 heterocycles. The maximum atomic E-state index is 12.9. The van der Waals surface area contributed by atoms with Gasteiger partial charge < -0.3 is 4.90 Å². The van der Waals surface area contributed by atoms with E-state index < -0.39 is 10.2 Å². The molecule has 0 atom stereocenters. The van der Waals surface area contributed by atoms with Crippen LogP contribution in [0, 0.1) is 0 Å². The van der Waals surface area contributed by atoms with Crippen LogP contribution < -0.4 is 8.61 Å². The first-order valence-electron chi connectivity index (χ1n) is 8.86. The number of carbonyl (C=O) groups is 1. The third-order valence-corrected chi connectivity index (χ3v) is 7.81. The number of para-hydroxylation sites is 2. The van der Waals surface area contributed by atoms with Gasteiger partial charge in [-0.15, -0.1) is 11.3 Å². The zero-order chi connectivity index (χ0) is 19.0. The number of piperidine rings is 1. The van der Waals surface area contributed by atoms with Crippen LogP contribution in [0.3, 0.4) is 0 Å². The van der Waals surface area contributed by atoms with E-state index in [0.29, 0.717) is 31.6 Å². The van der Waals surface area contributed by atoms with E-state index in [1.165, 1.54) is 8.61 Å². The lowest BCUT2D eigenvalue weighted by molar-refractivity contribution is -0.126. The fraction of sp³-hybridized carbons (Fsp3) is 0.316. The molecule has 1 saturated heterocycles. The molecule has 0 saturated carbocycles. The number of carbonyl (C=O) groups excluding carboxylic acids is 1. The summed E-state index contributed by atoms with van der Waals surface area (Å²) in [4.78, 5) is 15.2. The molecule has 0 unspecified atom stereocenters. The lowest BCUT2D eigenvalue weighted by Crippen LogP contribution is -2.49. The van der Waals surface area contributed by atoms with Gasteiger partial charge in [-0.2, -0.15) is 8.42 Å². The number of rotatable bonds is 3. The van der Waals surface area contributed by atoms with E-state index in [9.17, 15) is 13.2 Å². The van der Waals surface area contributed by atoms with Crippen LogP contribution in [0.25, 0.3) is 6.08 Å². The summed E-state index contributed by atoms with van der Waals surface area (Å²) in [5.74, 6) is -0.0244. The second kappa shape index (κ2) is 7.01. The minimum absolute atomic E-state index is 0.0244. The van der Waals surface area contributed by atoms with Gasteiger partial charge in [0, 0.05) is 31.1 Å². The molecule has 8 heteroatoms. The second-order valence-electron chi connectivity index (χ2n) is 6.67. The number of amides is 1. The molecule has 1 aromatic carbocycles. The standard InChI is InChI=1S/C19H21N3O3S2/c1-20-17-6-2-3-7-18(17)22(27(20,24)25)15-10-12-21(13-11-15)19(23)9-8-16-5-4-14-26-16/h2-9,14-15H,10-13H2,1H3/b9-8+. The zero-order valence-corrected chi connectivity index (χ0v) is 16.6. The Hall–Kier alpha value is -2.32. The molecule has 2 aromatic rings. The van der Waals surface area contributed by atoms with Crippen LogP contribution in [0.1, 0.15) is 17.7 Å². The van der Waals surface area contributed by atoms with Gasteiger partial charge >= 0.3 is 10.2 Å². The van der Waals surface area contributed by atoms with Crippen LogP contribution in [-0.4, -0.2) is 45.4 Å². The zero-order valence-electron chi connectivity index (χ0n) is 15.0. The molecule has 2 aliphatic heterocycles. The number of anilines is 2. The van der Waals surface area contributed by atoms with E-state index >= 15 is 0 Å². The molecule has 142 valence electrons. The fourth-order valence-corrected chi connectivity index (χ4v) is 5.92. The Labute approximate surface area is 163 Å². The molecular weight excluding hydrogens is 382 g/mol. The minimum atomic E-state index is -3.55. The van der Waals surface area contributed by atoms with Gasteiger partial charge in [0.1, 0.15) is 0 Å². The van der Waals surface area contributed by atoms with Gasteiger partial charge in [-0.05, 0) is 42.5 Å². The molecule has 1 aromatic heterocycles. The van der Waals surface area contributed by atoms with Gasteiger partial charge in [0.25, 0.3) is 0 Å². The summed E-state index contributed by atoms with van der Waals surface area (Å²) in [5, 5.41) is 1.97. The lowest BCUT2D eigenvalue weighted by Gasteiger charge is -2.36. The van der Waals surface area contributed by atoms with E-state index in [1.54, 1.807) is 29.4 Å². The molecule has 0 aliphatic carbocycles. The summed E-state index contributed by atoms with van der Waals surface area (Å²) in [6.07, 6.45) is 4.68. The predicted octanol–water partition coefficient (Wildman–Crippen LogP) is 2.95. The van der Waals surface area contributed by atoms with Gasteiger partial charge in [-0.1, -0.05) is 18.2 Å². The SMILES string of the molecule is CN1c2ccccc2N(C2CCN(C(=O)/C=C/c3cccs3)CC2)S1(=O)=O. The van der Waals surface area contributed by atoms with Gasteiger partial charge in [0.15, 0.2) is 0 Å². The van der Waals surface area contributed by atoms with Crippen LogP contribution in [-0.2, 0) is 15.0 Å². The van der Waals surface area contributed by atoms with Crippen LogP contribution in [0.5, 0.6) is 0 Å². The third kappa shape index (κ3) is 3.23. The van der Waals surface area contributed by atoms with Crippen molar-refractivity contribution in [2.45, 2.75) is 18.9 Å². The number of nitrogens with zero attached hydrogens (tertiary/aromatic N) is 3. The van der Waals surface area contributed by atoms with Gasteiger partial charge in [0.05, 0.1) is 17.4 Å². The molecule has 1 amide bonds. The molecule has 0 N–H and O–H groups in total. The average molecular weight is 404 g/mol. The minimum Gasteiger partial charge on any atom is -0.339 e. The van der Waals surface area contributed by atoms with Crippen molar-refractivity contribution in [3.05, 3.63) is 52.7 Å². The highest BCUT2D eigenvalue weighted by Gasteiger charge is 2.42. The number of hydrogen-bond donors (Lipinski definition) is 0. The normalized spacial score (nSPS) is 19.7. The van der Waals surface area contributed by atoms with Crippen molar-refractivity contribution in [1.82, 2.24) is 4.90 Å². The summed E-state index contributed by atoms with van der Waals surface area (Å²) in [5.41, 5.74) is 1.43. The largest absolute Gasteiger partial charge is 0.339 e. The van der Waals surface area contributed by atoms with Crippen molar-refractivity contribution >= 4 is 44.9 Å². The van der Waals surface area contributed by atoms with Crippen molar-refractivity contribution < 1.29 is 13.2 Å². The van der Waals surface area contributed by atoms with E-state index in [1.807, 2.05) is 47.9 Å². The van der Waals surface area contributed by atoms with Crippen LogP contribution in [0.4, 0.5) is 11.4 Å². The number of fused-ring (bicyclic) bond motifs is 1. The Balaban J connectivity index is 1.46. The highest BCUT2D eigenvalue weighted by Crippen LogP contribution is 2.42. The molecule has 0 bridgehead atoms. The fourth-order valence-electron chi connectivity index (χ4n) is 3.65. The monoisotopic (exact) mass is 403 g/mol. The molecular formula is C19H21N3O3S2. The van der Waals surface area contributed by atoms with Gasteiger partial charge in [0.2, 0.25) is 5.91 Å². The molecule has 2 aliphatic rings. The van der Waals surface area contributed by atoms with E-state index in [2.05, 4.69) is 0 Å². The van der Waals surface area contributed by atoms with Crippen molar-refractivity contribution in [2.75, 3.05) is 28.7 Å². The third-order valence-electron chi connectivity index (χ3n) is 5.09. The first kappa shape index (κ1) is 18.1. The Morgan fingerprint density at radius 1 is 1.11 bits per heavy atom. The summed E-state index contributed by atoms with van der Waals surface area (Å²) >= 11 is 1.59. The number of thiophene rings is 1. The number of likely N-dealkylation sites (tertiary alicyclic amines) is 1. The average Bonchev–Trinajstić information content (AvgIpc) is 3.26. The van der Waals surface area contributed by atoms with Gasteiger partial charge in [-0.3, -0.25) is 9.10 Å². The number of hydrogen-bond acceptors (Lipinski definition) is 4. The Kier molecular flexibility index (Phi) is 4.69. The molecule has 0 radical (unpaired) electrons. The topological polar surface area (TPSA) is 60.9 Å². The first-order valence-corrected chi connectivity index (χ1v) is 11.1.